The molecular formula is C18H19NO4. The lowest BCUT2D eigenvalue weighted by Gasteiger charge is -2.13. The number of aliphatic hydroxyl groups is 1. The van der Waals surface area contributed by atoms with E-state index in [9.17, 15) is 4.79 Å². The Hall–Kier alpha value is -2.66. The number of benzene rings is 2. The average Bonchev–Trinajstić information content (AvgIpc) is 2.59. The standard InChI is InChI=1S/C18H19NO4/c1-13-7-3-6-10-16(13)23-11-14-8-4-5-9-15(14)17(19-12-20)18(21)22-2/h3-10,20H,11-12H2,1-2H3. The second kappa shape index (κ2) is 8.10. The number of aliphatic imine (C=N–C) groups is 1. The monoisotopic (exact) mass is 313 g/mol. The molecule has 0 saturated heterocycles. The zero-order valence-electron chi connectivity index (χ0n) is 13.2. The molecule has 0 aromatic heterocycles. The van der Waals surface area contributed by atoms with Crippen LogP contribution in [0.1, 0.15) is 16.7 Å². The molecule has 120 valence electrons. The highest BCUT2D eigenvalue weighted by molar-refractivity contribution is 6.43. The number of ether oxygens (including phenoxy) is 2. The summed E-state index contributed by atoms with van der Waals surface area (Å²) in [5, 5.41) is 9.05. The molecule has 0 aliphatic rings. The van der Waals surface area contributed by atoms with Crippen molar-refractivity contribution in [3.05, 3.63) is 65.2 Å². The van der Waals surface area contributed by atoms with E-state index < -0.39 is 12.7 Å². The average molecular weight is 313 g/mol. The van der Waals surface area contributed by atoms with Gasteiger partial charge in [0.15, 0.2) is 5.71 Å². The summed E-state index contributed by atoms with van der Waals surface area (Å²) < 4.78 is 10.6. The number of hydrogen-bond acceptors (Lipinski definition) is 5. The molecule has 0 unspecified atom stereocenters. The number of esters is 1. The number of methoxy groups -OCH3 is 1. The second-order valence-corrected chi connectivity index (χ2v) is 4.85. The van der Waals surface area contributed by atoms with Gasteiger partial charge in [-0.1, -0.05) is 42.5 Å². The molecule has 0 heterocycles. The van der Waals surface area contributed by atoms with Gasteiger partial charge in [0.2, 0.25) is 0 Å². The summed E-state index contributed by atoms with van der Waals surface area (Å²) in [5.74, 6) is 0.184. The molecule has 0 atom stereocenters. The number of aliphatic hydroxyl groups excluding tert-OH is 1. The maximum Gasteiger partial charge on any atom is 0.356 e. The van der Waals surface area contributed by atoms with Gasteiger partial charge in [0.05, 0.1) is 7.11 Å². The van der Waals surface area contributed by atoms with Gasteiger partial charge >= 0.3 is 5.97 Å². The van der Waals surface area contributed by atoms with Crippen LogP contribution >= 0.6 is 0 Å². The second-order valence-electron chi connectivity index (χ2n) is 4.85. The fourth-order valence-electron chi connectivity index (χ4n) is 2.18. The van der Waals surface area contributed by atoms with Crippen molar-refractivity contribution in [3.63, 3.8) is 0 Å². The van der Waals surface area contributed by atoms with Gasteiger partial charge in [-0.25, -0.2) is 9.79 Å². The fraction of sp³-hybridized carbons (Fsp3) is 0.222. The van der Waals surface area contributed by atoms with E-state index in [1.165, 1.54) is 7.11 Å². The largest absolute Gasteiger partial charge is 0.489 e. The quantitative estimate of drug-likeness (QED) is 0.657. The van der Waals surface area contributed by atoms with Crippen molar-refractivity contribution in [3.8, 4) is 5.75 Å². The van der Waals surface area contributed by atoms with Crippen LogP contribution in [0.2, 0.25) is 0 Å². The molecule has 1 N–H and O–H groups in total. The maximum atomic E-state index is 11.9. The topological polar surface area (TPSA) is 68.1 Å². The Morgan fingerprint density at radius 1 is 1.13 bits per heavy atom. The lowest BCUT2D eigenvalue weighted by atomic mass is 10.0. The van der Waals surface area contributed by atoms with E-state index in [4.69, 9.17) is 14.6 Å². The predicted molar refractivity (Wildman–Crippen MR) is 87.6 cm³/mol. The summed E-state index contributed by atoms with van der Waals surface area (Å²) in [6, 6.07) is 15.0. The van der Waals surface area contributed by atoms with Crippen LogP contribution in [-0.4, -0.2) is 30.6 Å². The van der Waals surface area contributed by atoms with Gasteiger partial charge in [-0.05, 0) is 24.1 Å². The third-order valence-electron chi connectivity index (χ3n) is 3.36. The van der Waals surface area contributed by atoms with E-state index in [1.807, 2.05) is 43.3 Å². The van der Waals surface area contributed by atoms with Crippen molar-refractivity contribution in [2.75, 3.05) is 13.8 Å². The van der Waals surface area contributed by atoms with Crippen LogP contribution in [0.25, 0.3) is 0 Å². The fourth-order valence-corrected chi connectivity index (χ4v) is 2.18. The Morgan fingerprint density at radius 3 is 2.52 bits per heavy atom. The Bertz CT molecular complexity index is 710. The van der Waals surface area contributed by atoms with Gasteiger partial charge in [-0.3, -0.25) is 0 Å². The Kier molecular flexibility index (Phi) is 5.88. The third kappa shape index (κ3) is 4.17. The smallest absolute Gasteiger partial charge is 0.356 e. The molecule has 5 heteroatoms. The van der Waals surface area contributed by atoms with Crippen molar-refractivity contribution in [2.24, 2.45) is 4.99 Å². The highest BCUT2D eigenvalue weighted by Crippen LogP contribution is 2.19. The molecule has 23 heavy (non-hydrogen) atoms. The van der Waals surface area contributed by atoms with Gasteiger partial charge in [0.1, 0.15) is 19.1 Å². The summed E-state index contributed by atoms with van der Waals surface area (Å²) in [5.41, 5.74) is 2.48. The summed E-state index contributed by atoms with van der Waals surface area (Å²) in [6.45, 7) is 1.76. The summed E-state index contributed by atoms with van der Waals surface area (Å²) >= 11 is 0. The van der Waals surface area contributed by atoms with E-state index >= 15 is 0 Å². The van der Waals surface area contributed by atoms with Crippen molar-refractivity contribution in [2.45, 2.75) is 13.5 Å². The molecule has 0 amide bonds. The molecule has 0 fully saturated rings. The first-order valence-corrected chi connectivity index (χ1v) is 7.17. The summed E-state index contributed by atoms with van der Waals surface area (Å²) in [4.78, 5) is 15.7. The van der Waals surface area contributed by atoms with Crippen molar-refractivity contribution < 1.29 is 19.4 Å². The third-order valence-corrected chi connectivity index (χ3v) is 3.36. The first-order valence-electron chi connectivity index (χ1n) is 7.17. The van der Waals surface area contributed by atoms with Crippen LogP contribution < -0.4 is 4.74 Å². The number of para-hydroxylation sites is 1. The number of nitrogens with zero attached hydrogens (tertiary/aromatic N) is 1. The minimum absolute atomic E-state index is 0.0824. The molecule has 0 bridgehead atoms. The SMILES string of the molecule is COC(=O)C(=NCO)c1ccccc1COc1ccccc1C. The van der Waals surface area contributed by atoms with Crippen LogP contribution in [0, 0.1) is 6.92 Å². The van der Waals surface area contributed by atoms with Crippen molar-refractivity contribution >= 4 is 11.7 Å². The summed E-state index contributed by atoms with van der Waals surface area (Å²) in [6.07, 6.45) is 0. The molecule has 0 aliphatic carbocycles. The van der Waals surface area contributed by atoms with Crippen LogP contribution in [0.15, 0.2) is 53.5 Å². The van der Waals surface area contributed by atoms with E-state index in [1.54, 1.807) is 12.1 Å². The molecule has 2 aromatic carbocycles. The number of carbonyl (C=O) groups excluding carboxylic acids is 1. The summed E-state index contributed by atoms with van der Waals surface area (Å²) in [7, 11) is 1.28. The molecule has 0 aliphatic heterocycles. The number of hydrogen-bond donors (Lipinski definition) is 1. The Balaban J connectivity index is 2.28. The normalized spacial score (nSPS) is 11.2. The van der Waals surface area contributed by atoms with E-state index in [2.05, 4.69) is 4.99 Å². The minimum Gasteiger partial charge on any atom is -0.489 e. The maximum absolute atomic E-state index is 11.9. The number of aryl methyl sites for hydroxylation is 1. The van der Waals surface area contributed by atoms with Crippen molar-refractivity contribution in [1.82, 2.24) is 0 Å². The van der Waals surface area contributed by atoms with E-state index in [-0.39, 0.29) is 12.3 Å². The van der Waals surface area contributed by atoms with Gasteiger partial charge in [0.25, 0.3) is 0 Å². The predicted octanol–water partition coefficient (Wildman–Crippen LogP) is 2.49. The van der Waals surface area contributed by atoms with Crippen LogP contribution in [-0.2, 0) is 16.1 Å². The lowest BCUT2D eigenvalue weighted by molar-refractivity contribution is -0.132. The van der Waals surface area contributed by atoms with Crippen LogP contribution in [0.4, 0.5) is 0 Å². The zero-order valence-corrected chi connectivity index (χ0v) is 13.2. The highest BCUT2D eigenvalue weighted by Gasteiger charge is 2.17. The van der Waals surface area contributed by atoms with Crippen LogP contribution in [0.5, 0.6) is 5.75 Å². The van der Waals surface area contributed by atoms with Crippen LogP contribution in [0.3, 0.4) is 0 Å². The molecule has 0 spiro atoms. The van der Waals surface area contributed by atoms with E-state index in [0.29, 0.717) is 5.56 Å². The van der Waals surface area contributed by atoms with Gasteiger partial charge in [-0.15, -0.1) is 0 Å². The molecule has 2 rings (SSSR count). The van der Waals surface area contributed by atoms with Gasteiger partial charge < -0.3 is 14.6 Å². The number of rotatable bonds is 6. The number of carbonyl (C=O) groups is 1. The molecular weight excluding hydrogens is 294 g/mol. The molecule has 0 radical (unpaired) electrons. The van der Waals surface area contributed by atoms with Gasteiger partial charge in [-0.2, -0.15) is 0 Å². The van der Waals surface area contributed by atoms with Crippen molar-refractivity contribution in [1.29, 1.82) is 0 Å². The minimum atomic E-state index is -0.595. The lowest BCUT2D eigenvalue weighted by Crippen LogP contribution is -2.20. The Morgan fingerprint density at radius 2 is 1.83 bits per heavy atom. The zero-order chi connectivity index (χ0) is 16.7. The Labute approximate surface area is 135 Å². The molecule has 2 aromatic rings. The van der Waals surface area contributed by atoms with E-state index in [0.717, 1.165) is 16.9 Å². The molecule has 0 saturated carbocycles. The first kappa shape index (κ1) is 16.7. The molecule has 5 nitrogen and oxygen atoms in total. The highest BCUT2D eigenvalue weighted by atomic mass is 16.5. The first-order chi connectivity index (χ1) is 11.2. The van der Waals surface area contributed by atoms with Gasteiger partial charge in [0, 0.05) is 5.56 Å².